The van der Waals surface area contributed by atoms with Crippen LogP contribution in [-0.2, 0) is 33.2 Å². The zero-order valence-electron chi connectivity index (χ0n) is 20.5. The number of aliphatic hydroxyl groups is 8. The summed E-state index contributed by atoms with van der Waals surface area (Å²) in [7, 11) is 1.24. The molecule has 1 unspecified atom stereocenters. The zero-order valence-corrected chi connectivity index (χ0v) is 20.5. The van der Waals surface area contributed by atoms with Crippen molar-refractivity contribution in [1.29, 1.82) is 0 Å². The number of amides is 1. The molecular formula is C21H37NO15. The first-order valence-corrected chi connectivity index (χ1v) is 11.8. The second kappa shape index (κ2) is 12.8. The molecular weight excluding hydrogens is 506 g/mol. The van der Waals surface area contributed by atoms with E-state index in [1.807, 2.05) is 0 Å². The van der Waals surface area contributed by atoms with Gasteiger partial charge in [-0.25, -0.2) is 0 Å². The second-order valence-electron chi connectivity index (χ2n) is 9.26. The topological polar surface area (TPSA) is 246 Å². The fraction of sp³-hybridized carbons (Fsp3) is 0.952. The van der Waals surface area contributed by atoms with Crippen LogP contribution in [0.25, 0.3) is 0 Å². The summed E-state index contributed by atoms with van der Waals surface area (Å²) >= 11 is 0. The highest BCUT2D eigenvalue weighted by Gasteiger charge is 2.54. The summed E-state index contributed by atoms with van der Waals surface area (Å²) in [5.74, 6) is -0.597. The van der Waals surface area contributed by atoms with Gasteiger partial charge < -0.3 is 74.6 Å². The standard InChI is InChI=1S/C21H37NO15/c1-6-11(26)13(28)14(29)20(33-6)37-18-15(30)16(32-3)8(4-23)35-21(18)36-17-9(5-24)34-19(31)10(12(17)27)22-7(2)25/h6,8-21,23-24,26-31H,4-5H2,1-3H3,(H,22,25)/t6-,8+,9+,10+,11+,12+,13+,14-,15-,16-,17+,18+,19?,20-,21-/m0/s1. The summed E-state index contributed by atoms with van der Waals surface area (Å²) in [5, 5.41) is 84.4. The third kappa shape index (κ3) is 6.39. The summed E-state index contributed by atoms with van der Waals surface area (Å²) < 4.78 is 33.3. The Morgan fingerprint density at radius 1 is 0.757 bits per heavy atom. The Labute approximate surface area is 212 Å². The number of rotatable bonds is 8. The Hall–Kier alpha value is -1.09. The lowest BCUT2D eigenvalue weighted by atomic mass is 9.95. The molecule has 3 heterocycles. The normalized spacial score (nSPS) is 49.0. The molecule has 0 radical (unpaired) electrons. The number of hydrogen-bond donors (Lipinski definition) is 9. The van der Waals surface area contributed by atoms with Crippen molar-refractivity contribution in [1.82, 2.24) is 5.32 Å². The Morgan fingerprint density at radius 2 is 1.35 bits per heavy atom. The van der Waals surface area contributed by atoms with E-state index in [9.17, 15) is 45.6 Å². The summed E-state index contributed by atoms with van der Waals surface area (Å²) in [4.78, 5) is 11.6. The van der Waals surface area contributed by atoms with E-state index in [2.05, 4.69) is 5.32 Å². The Bertz CT molecular complexity index is 747. The van der Waals surface area contributed by atoms with Gasteiger partial charge in [-0.1, -0.05) is 0 Å². The minimum absolute atomic E-state index is 0.597. The van der Waals surface area contributed by atoms with Crippen molar-refractivity contribution in [3.63, 3.8) is 0 Å². The monoisotopic (exact) mass is 543 g/mol. The van der Waals surface area contributed by atoms with E-state index < -0.39 is 111 Å². The first-order valence-electron chi connectivity index (χ1n) is 11.8. The number of hydrogen-bond acceptors (Lipinski definition) is 15. The molecule has 16 heteroatoms. The molecule has 3 rings (SSSR count). The SMILES string of the molecule is CO[C@@H]1[C@H](O)[C@@H](O[C@@H]2O[C@@H](C)[C@@H](O)[C@@H](O)[C@@H]2O)[C@H](O[C@H]2[C@H](O)[C@@H](NC(C)=O)C(O)O[C@@H]2CO)O[C@@H]1CO. The van der Waals surface area contributed by atoms with Crippen molar-refractivity contribution in [2.75, 3.05) is 20.3 Å². The van der Waals surface area contributed by atoms with Crippen molar-refractivity contribution < 1.29 is 74.1 Å². The predicted molar refractivity (Wildman–Crippen MR) is 116 cm³/mol. The maximum absolute atomic E-state index is 11.6. The number of carbonyl (C=O) groups excluding carboxylic acids is 1. The van der Waals surface area contributed by atoms with Gasteiger partial charge in [-0.05, 0) is 6.92 Å². The molecule has 0 saturated carbocycles. The lowest BCUT2D eigenvalue weighted by Gasteiger charge is -2.49. The third-order valence-electron chi connectivity index (χ3n) is 6.70. The van der Waals surface area contributed by atoms with Crippen LogP contribution in [0.1, 0.15) is 13.8 Å². The number of ether oxygens (including phenoxy) is 6. The average molecular weight is 544 g/mol. The molecule has 0 aromatic rings. The van der Waals surface area contributed by atoms with Crippen molar-refractivity contribution in [2.45, 2.75) is 106 Å². The molecule has 0 aliphatic carbocycles. The van der Waals surface area contributed by atoms with Crippen molar-refractivity contribution in [3.05, 3.63) is 0 Å². The van der Waals surface area contributed by atoms with Gasteiger partial charge in [0, 0.05) is 14.0 Å². The van der Waals surface area contributed by atoms with Crippen LogP contribution < -0.4 is 5.32 Å². The van der Waals surface area contributed by atoms with Gasteiger partial charge in [0.2, 0.25) is 5.91 Å². The summed E-state index contributed by atoms with van der Waals surface area (Å²) in [6.45, 7) is 1.21. The highest BCUT2D eigenvalue weighted by Crippen LogP contribution is 2.33. The molecule has 0 aromatic carbocycles. The van der Waals surface area contributed by atoms with Gasteiger partial charge in [-0.15, -0.1) is 0 Å². The van der Waals surface area contributed by atoms with E-state index >= 15 is 0 Å². The van der Waals surface area contributed by atoms with Crippen LogP contribution in [0.3, 0.4) is 0 Å². The van der Waals surface area contributed by atoms with Gasteiger partial charge >= 0.3 is 0 Å². The molecule has 3 aliphatic rings. The van der Waals surface area contributed by atoms with E-state index in [1.54, 1.807) is 0 Å². The summed E-state index contributed by atoms with van der Waals surface area (Å²) in [6.07, 6.45) is -20.5. The molecule has 3 aliphatic heterocycles. The quantitative estimate of drug-likeness (QED) is 0.138. The molecule has 0 spiro atoms. The van der Waals surface area contributed by atoms with E-state index in [-0.39, 0.29) is 0 Å². The predicted octanol–water partition coefficient (Wildman–Crippen LogP) is -5.75. The van der Waals surface area contributed by atoms with Crippen LogP contribution in [0.5, 0.6) is 0 Å². The third-order valence-corrected chi connectivity index (χ3v) is 6.70. The molecule has 15 atom stereocenters. The minimum Gasteiger partial charge on any atom is -0.394 e. The van der Waals surface area contributed by atoms with Crippen LogP contribution in [0, 0.1) is 0 Å². The molecule has 9 N–H and O–H groups in total. The van der Waals surface area contributed by atoms with Gasteiger partial charge in [-0.3, -0.25) is 4.79 Å². The molecule has 1 amide bonds. The number of nitrogens with one attached hydrogen (secondary N) is 1. The molecule has 3 fully saturated rings. The van der Waals surface area contributed by atoms with Crippen molar-refractivity contribution >= 4 is 5.91 Å². The highest BCUT2D eigenvalue weighted by molar-refractivity contribution is 5.73. The van der Waals surface area contributed by atoms with Crippen molar-refractivity contribution in [2.24, 2.45) is 0 Å². The highest BCUT2D eigenvalue weighted by atomic mass is 16.8. The maximum atomic E-state index is 11.6. The maximum Gasteiger partial charge on any atom is 0.217 e. The molecule has 16 nitrogen and oxygen atoms in total. The van der Waals surface area contributed by atoms with Gasteiger partial charge in [0.1, 0.15) is 67.1 Å². The van der Waals surface area contributed by atoms with E-state index in [0.29, 0.717) is 0 Å². The number of carbonyl (C=O) groups is 1. The first kappa shape index (κ1) is 30.5. The molecule has 3 saturated heterocycles. The average Bonchev–Trinajstić information content (AvgIpc) is 2.86. The Balaban J connectivity index is 1.88. The minimum atomic E-state index is -1.75. The van der Waals surface area contributed by atoms with Crippen LogP contribution in [0.4, 0.5) is 0 Å². The van der Waals surface area contributed by atoms with Crippen LogP contribution in [0.15, 0.2) is 0 Å². The number of aliphatic hydroxyl groups excluding tert-OH is 8. The molecule has 0 aromatic heterocycles. The van der Waals surface area contributed by atoms with Gasteiger partial charge in [0.25, 0.3) is 0 Å². The molecule has 37 heavy (non-hydrogen) atoms. The van der Waals surface area contributed by atoms with Crippen LogP contribution in [0.2, 0.25) is 0 Å². The van der Waals surface area contributed by atoms with Gasteiger partial charge in [0.15, 0.2) is 18.9 Å². The van der Waals surface area contributed by atoms with Crippen LogP contribution >= 0.6 is 0 Å². The largest absolute Gasteiger partial charge is 0.394 e. The molecule has 216 valence electrons. The second-order valence-corrected chi connectivity index (χ2v) is 9.26. The fourth-order valence-electron chi connectivity index (χ4n) is 4.66. The lowest BCUT2D eigenvalue weighted by Crippen LogP contribution is -2.68. The van der Waals surface area contributed by atoms with Crippen molar-refractivity contribution in [3.8, 4) is 0 Å². The van der Waals surface area contributed by atoms with E-state index in [1.165, 1.54) is 14.0 Å². The van der Waals surface area contributed by atoms with E-state index in [4.69, 9.17) is 28.4 Å². The smallest absolute Gasteiger partial charge is 0.217 e. The number of methoxy groups -OCH3 is 1. The van der Waals surface area contributed by atoms with Gasteiger partial charge in [-0.2, -0.15) is 0 Å². The van der Waals surface area contributed by atoms with Gasteiger partial charge in [0.05, 0.1) is 19.3 Å². The summed E-state index contributed by atoms with van der Waals surface area (Å²) in [6, 6.07) is -1.36. The first-order chi connectivity index (χ1) is 17.4. The Kier molecular flexibility index (Phi) is 10.6. The lowest BCUT2D eigenvalue weighted by molar-refractivity contribution is -0.383. The van der Waals surface area contributed by atoms with E-state index in [0.717, 1.165) is 6.92 Å². The zero-order chi connectivity index (χ0) is 27.6. The molecule has 0 bridgehead atoms. The summed E-state index contributed by atoms with van der Waals surface area (Å²) in [5.41, 5.74) is 0. The Morgan fingerprint density at radius 3 is 1.92 bits per heavy atom. The fourth-order valence-corrected chi connectivity index (χ4v) is 4.66. The van der Waals surface area contributed by atoms with Crippen LogP contribution in [-0.4, -0.2) is 159 Å².